The lowest BCUT2D eigenvalue weighted by molar-refractivity contribution is -0.165. The van der Waals surface area contributed by atoms with Crippen molar-refractivity contribution in [2.24, 2.45) is 0 Å². The van der Waals surface area contributed by atoms with E-state index in [1.165, 1.54) is 32.1 Å². The third-order valence-corrected chi connectivity index (χ3v) is 3.80. The van der Waals surface area contributed by atoms with Gasteiger partial charge in [0.1, 0.15) is 0 Å². The van der Waals surface area contributed by atoms with E-state index in [4.69, 9.17) is 14.6 Å². The van der Waals surface area contributed by atoms with Gasteiger partial charge in [-0.2, -0.15) is 0 Å². The van der Waals surface area contributed by atoms with Crippen LogP contribution in [0.25, 0.3) is 0 Å². The maximum Gasteiger partial charge on any atom is 0.157 e. The largest absolute Gasteiger partial charge is 0.395 e. The zero-order valence-corrected chi connectivity index (χ0v) is 10.6. The van der Waals surface area contributed by atoms with Crippen molar-refractivity contribution in [2.45, 2.75) is 50.9 Å². The van der Waals surface area contributed by atoms with Gasteiger partial charge in [0.25, 0.3) is 0 Å². The molecule has 0 radical (unpaired) electrons. The molecule has 1 saturated carbocycles. The minimum Gasteiger partial charge on any atom is -0.395 e. The number of aliphatic hydroxyl groups excluding tert-OH is 1. The second-order valence-electron chi connectivity index (χ2n) is 5.01. The highest BCUT2D eigenvalue weighted by Gasteiger charge is 2.24. The molecular weight excluding hydrogens is 218 g/mol. The number of hydrogen-bond acceptors (Lipinski definition) is 4. The Morgan fingerprint density at radius 3 is 2.59 bits per heavy atom. The highest BCUT2D eigenvalue weighted by molar-refractivity contribution is 4.79. The number of aliphatic hydroxyl groups is 1. The van der Waals surface area contributed by atoms with Gasteiger partial charge in [-0.3, -0.25) is 4.90 Å². The van der Waals surface area contributed by atoms with Gasteiger partial charge >= 0.3 is 0 Å². The molecule has 0 spiro atoms. The summed E-state index contributed by atoms with van der Waals surface area (Å²) in [5.74, 6) is 0. The lowest BCUT2D eigenvalue weighted by atomic mass is 9.91. The molecule has 17 heavy (non-hydrogen) atoms. The highest BCUT2D eigenvalue weighted by Crippen LogP contribution is 2.24. The average Bonchev–Trinajstić information content (AvgIpc) is 2.28. The molecule has 1 N–H and O–H groups in total. The van der Waals surface area contributed by atoms with Crippen LogP contribution < -0.4 is 0 Å². The van der Waals surface area contributed by atoms with Gasteiger partial charge in [-0.15, -0.1) is 0 Å². The van der Waals surface area contributed by atoms with Crippen LogP contribution in [0.1, 0.15) is 38.5 Å². The molecule has 2 aliphatic rings. The Hall–Kier alpha value is -0.160. The second-order valence-corrected chi connectivity index (χ2v) is 5.01. The van der Waals surface area contributed by atoms with Crippen LogP contribution in [0, 0.1) is 0 Å². The molecule has 1 unspecified atom stereocenters. The normalized spacial score (nSPS) is 26.1. The maximum atomic E-state index is 9.05. The fourth-order valence-corrected chi connectivity index (χ4v) is 2.50. The SMILES string of the molecule is OCCN(CCOC1CCCCO1)C1CCC1. The molecule has 100 valence electrons. The van der Waals surface area contributed by atoms with Crippen LogP contribution in [0.5, 0.6) is 0 Å². The third-order valence-electron chi connectivity index (χ3n) is 3.80. The Labute approximate surface area is 104 Å². The summed E-state index contributed by atoms with van der Waals surface area (Å²) in [6.45, 7) is 3.51. The Kier molecular flexibility index (Phi) is 5.71. The fraction of sp³-hybridized carbons (Fsp3) is 1.00. The summed E-state index contributed by atoms with van der Waals surface area (Å²) >= 11 is 0. The summed E-state index contributed by atoms with van der Waals surface area (Å²) in [5.41, 5.74) is 0. The van der Waals surface area contributed by atoms with Crippen molar-refractivity contribution in [3.05, 3.63) is 0 Å². The summed E-state index contributed by atoms with van der Waals surface area (Å²) in [7, 11) is 0. The van der Waals surface area contributed by atoms with E-state index in [1.807, 2.05) is 0 Å². The Bertz CT molecular complexity index is 203. The molecular formula is C13H25NO3. The Balaban J connectivity index is 1.60. The first-order valence-electron chi connectivity index (χ1n) is 6.98. The van der Waals surface area contributed by atoms with Crippen LogP contribution in [0.4, 0.5) is 0 Å². The molecule has 0 aromatic carbocycles. The van der Waals surface area contributed by atoms with E-state index >= 15 is 0 Å². The van der Waals surface area contributed by atoms with Gasteiger partial charge in [-0.1, -0.05) is 6.42 Å². The number of ether oxygens (including phenoxy) is 2. The molecule has 0 amide bonds. The molecule has 1 heterocycles. The van der Waals surface area contributed by atoms with Gasteiger partial charge in [-0.25, -0.2) is 0 Å². The number of hydrogen-bond donors (Lipinski definition) is 1. The lowest BCUT2D eigenvalue weighted by Crippen LogP contribution is -2.44. The summed E-state index contributed by atoms with van der Waals surface area (Å²) < 4.78 is 11.3. The van der Waals surface area contributed by atoms with E-state index < -0.39 is 0 Å². The van der Waals surface area contributed by atoms with Crippen molar-refractivity contribution in [1.29, 1.82) is 0 Å². The van der Waals surface area contributed by atoms with E-state index in [0.29, 0.717) is 6.04 Å². The van der Waals surface area contributed by atoms with E-state index in [0.717, 1.165) is 32.7 Å². The zero-order chi connectivity index (χ0) is 11.9. The van der Waals surface area contributed by atoms with Crippen LogP contribution in [-0.2, 0) is 9.47 Å². The van der Waals surface area contributed by atoms with E-state index in [-0.39, 0.29) is 12.9 Å². The van der Waals surface area contributed by atoms with E-state index in [1.54, 1.807) is 0 Å². The molecule has 1 saturated heterocycles. The van der Waals surface area contributed by atoms with E-state index in [9.17, 15) is 0 Å². The quantitative estimate of drug-likeness (QED) is 0.733. The minimum atomic E-state index is 0.0149. The molecule has 0 aromatic rings. The average molecular weight is 243 g/mol. The van der Waals surface area contributed by atoms with Gasteiger partial charge in [0, 0.05) is 25.7 Å². The van der Waals surface area contributed by atoms with Crippen LogP contribution in [0.3, 0.4) is 0 Å². The number of nitrogens with zero attached hydrogens (tertiary/aromatic N) is 1. The Morgan fingerprint density at radius 1 is 1.12 bits per heavy atom. The predicted octanol–water partition coefficient (Wildman–Crippen LogP) is 1.38. The molecule has 1 aliphatic carbocycles. The molecule has 1 atom stereocenters. The summed E-state index contributed by atoms with van der Waals surface area (Å²) in [6, 6.07) is 0.679. The Morgan fingerprint density at radius 2 is 2.00 bits per heavy atom. The first-order chi connectivity index (χ1) is 8.40. The second kappa shape index (κ2) is 7.31. The van der Waals surface area contributed by atoms with Crippen molar-refractivity contribution >= 4 is 0 Å². The van der Waals surface area contributed by atoms with Crippen molar-refractivity contribution in [1.82, 2.24) is 4.90 Å². The van der Waals surface area contributed by atoms with Gasteiger partial charge < -0.3 is 14.6 Å². The van der Waals surface area contributed by atoms with Gasteiger partial charge in [0.2, 0.25) is 0 Å². The fourth-order valence-electron chi connectivity index (χ4n) is 2.50. The molecule has 1 aliphatic heterocycles. The van der Waals surface area contributed by atoms with Crippen molar-refractivity contribution in [3.8, 4) is 0 Å². The summed E-state index contributed by atoms with van der Waals surface area (Å²) in [4.78, 5) is 2.35. The molecule has 4 nitrogen and oxygen atoms in total. The minimum absolute atomic E-state index is 0.0149. The van der Waals surface area contributed by atoms with E-state index in [2.05, 4.69) is 4.90 Å². The number of rotatable bonds is 7. The maximum absolute atomic E-state index is 9.05. The first kappa shape index (κ1) is 13.3. The van der Waals surface area contributed by atoms with Crippen molar-refractivity contribution < 1.29 is 14.6 Å². The molecule has 2 fully saturated rings. The summed E-state index contributed by atoms with van der Waals surface area (Å²) in [5, 5.41) is 9.05. The van der Waals surface area contributed by atoms with Crippen LogP contribution in [0.2, 0.25) is 0 Å². The van der Waals surface area contributed by atoms with Gasteiger partial charge in [0.05, 0.1) is 13.2 Å². The molecule has 0 bridgehead atoms. The van der Waals surface area contributed by atoms with Crippen LogP contribution in [-0.4, -0.2) is 55.2 Å². The van der Waals surface area contributed by atoms with Crippen LogP contribution >= 0.6 is 0 Å². The van der Waals surface area contributed by atoms with Crippen molar-refractivity contribution in [2.75, 3.05) is 32.9 Å². The zero-order valence-electron chi connectivity index (χ0n) is 10.6. The first-order valence-corrected chi connectivity index (χ1v) is 6.98. The highest BCUT2D eigenvalue weighted by atomic mass is 16.7. The van der Waals surface area contributed by atoms with Gasteiger partial charge in [-0.05, 0) is 32.1 Å². The molecule has 0 aromatic heterocycles. The standard InChI is InChI=1S/C13H25NO3/c15-9-7-14(12-4-3-5-12)8-11-17-13-6-1-2-10-16-13/h12-13,15H,1-11H2. The van der Waals surface area contributed by atoms with Crippen LogP contribution in [0.15, 0.2) is 0 Å². The molecule has 2 rings (SSSR count). The van der Waals surface area contributed by atoms with Gasteiger partial charge in [0.15, 0.2) is 6.29 Å². The molecule has 4 heteroatoms. The third kappa shape index (κ3) is 4.21. The predicted molar refractivity (Wildman–Crippen MR) is 65.8 cm³/mol. The lowest BCUT2D eigenvalue weighted by Gasteiger charge is -2.37. The smallest absolute Gasteiger partial charge is 0.157 e. The monoisotopic (exact) mass is 243 g/mol. The van der Waals surface area contributed by atoms with Crippen molar-refractivity contribution in [3.63, 3.8) is 0 Å². The topological polar surface area (TPSA) is 41.9 Å². The summed E-state index contributed by atoms with van der Waals surface area (Å²) in [6.07, 6.45) is 7.32.